The zero-order chi connectivity index (χ0) is 23.7. The monoisotopic (exact) mass is 463 g/mol. The second-order valence-electron chi connectivity index (χ2n) is 9.70. The summed E-state index contributed by atoms with van der Waals surface area (Å²) in [6, 6.07) is 6.47. The molecule has 1 heterocycles. The van der Waals surface area contributed by atoms with Crippen LogP contribution in [0.4, 0.5) is 4.79 Å². The highest BCUT2D eigenvalue weighted by molar-refractivity contribution is 6.31. The van der Waals surface area contributed by atoms with Gasteiger partial charge in [0.25, 0.3) is 11.8 Å². The summed E-state index contributed by atoms with van der Waals surface area (Å²) in [6.07, 6.45) is 0.920. The summed E-state index contributed by atoms with van der Waals surface area (Å²) >= 11 is 6.07. The maximum Gasteiger partial charge on any atom is 0.327 e. The first-order chi connectivity index (χ1) is 14.9. The van der Waals surface area contributed by atoms with Gasteiger partial charge in [0.05, 0.1) is 0 Å². The zero-order valence-corrected chi connectivity index (χ0v) is 19.6. The Morgan fingerprint density at radius 2 is 1.97 bits per heavy atom. The number of ether oxygens (including phenoxy) is 1. The second kappa shape index (κ2) is 9.10. The third kappa shape index (κ3) is 5.23. The molecule has 4 amide bonds. The van der Waals surface area contributed by atoms with E-state index in [1.807, 2.05) is 0 Å². The molecule has 9 heteroatoms. The van der Waals surface area contributed by atoms with E-state index in [1.54, 1.807) is 24.3 Å². The van der Waals surface area contributed by atoms with Crippen molar-refractivity contribution in [3.8, 4) is 0 Å². The molecule has 1 aliphatic carbocycles. The largest absolute Gasteiger partial charge is 0.451 e. The van der Waals surface area contributed by atoms with Gasteiger partial charge in [0, 0.05) is 11.6 Å². The fourth-order valence-corrected chi connectivity index (χ4v) is 5.24. The Morgan fingerprint density at radius 3 is 2.62 bits per heavy atom. The number of nitrogens with zero attached hydrogens (tertiary/aromatic N) is 1. The van der Waals surface area contributed by atoms with Gasteiger partial charge >= 0.3 is 12.0 Å². The van der Waals surface area contributed by atoms with Gasteiger partial charge in [-0.15, -0.1) is 0 Å². The molecule has 1 saturated heterocycles. The van der Waals surface area contributed by atoms with Crippen molar-refractivity contribution in [1.82, 2.24) is 15.5 Å². The number of esters is 1. The van der Waals surface area contributed by atoms with Crippen molar-refractivity contribution in [2.24, 2.45) is 11.3 Å². The average Bonchev–Trinajstić information content (AvgIpc) is 2.88. The molecule has 1 spiro atoms. The van der Waals surface area contributed by atoms with Crippen LogP contribution in [0.5, 0.6) is 0 Å². The minimum absolute atomic E-state index is 0.106. The Kier molecular flexibility index (Phi) is 6.83. The van der Waals surface area contributed by atoms with Crippen LogP contribution in [0.25, 0.3) is 0 Å². The highest BCUT2D eigenvalue weighted by Gasteiger charge is 2.56. The van der Waals surface area contributed by atoms with E-state index < -0.39 is 42.0 Å². The standard InChI is InChI=1S/C23H30ClN3O5/c1-14-9-22(3,4)13-23(10-14)20(30)27(21(31)26-23)12-18(28)32-15(2)19(29)25-11-16-7-5-6-8-17(16)24/h5-8,14-15H,9-13H2,1-4H3,(H,25,29)(H,26,31). The minimum atomic E-state index is -1.09. The lowest BCUT2D eigenvalue weighted by molar-refractivity contribution is -0.157. The lowest BCUT2D eigenvalue weighted by atomic mass is 9.64. The van der Waals surface area contributed by atoms with Crippen molar-refractivity contribution >= 4 is 35.4 Å². The minimum Gasteiger partial charge on any atom is -0.451 e. The molecule has 1 aliphatic heterocycles. The number of benzene rings is 1. The first-order valence-electron chi connectivity index (χ1n) is 10.8. The van der Waals surface area contributed by atoms with Gasteiger partial charge < -0.3 is 15.4 Å². The summed E-state index contributed by atoms with van der Waals surface area (Å²) in [5.41, 5.74) is -0.364. The fraction of sp³-hybridized carbons (Fsp3) is 0.565. The van der Waals surface area contributed by atoms with Gasteiger partial charge in [-0.3, -0.25) is 19.3 Å². The van der Waals surface area contributed by atoms with E-state index in [4.69, 9.17) is 16.3 Å². The summed E-state index contributed by atoms with van der Waals surface area (Å²) in [5, 5.41) is 5.99. The predicted molar refractivity (Wildman–Crippen MR) is 119 cm³/mol. The number of amides is 4. The Bertz CT molecular complexity index is 934. The molecule has 1 aromatic rings. The number of nitrogens with one attached hydrogen (secondary N) is 2. The van der Waals surface area contributed by atoms with E-state index in [2.05, 4.69) is 31.4 Å². The summed E-state index contributed by atoms with van der Waals surface area (Å²) in [4.78, 5) is 51.2. The molecular weight excluding hydrogens is 434 g/mol. The molecule has 2 N–H and O–H groups in total. The van der Waals surface area contributed by atoms with Crippen molar-refractivity contribution in [2.45, 2.75) is 65.1 Å². The van der Waals surface area contributed by atoms with Crippen LogP contribution in [-0.2, 0) is 25.7 Å². The van der Waals surface area contributed by atoms with Crippen molar-refractivity contribution in [2.75, 3.05) is 6.54 Å². The Labute approximate surface area is 193 Å². The van der Waals surface area contributed by atoms with Crippen LogP contribution in [0, 0.1) is 11.3 Å². The van der Waals surface area contributed by atoms with Gasteiger partial charge in [0.2, 0.25) is 0 Å². The predicted octanol–water partition coefficient (Wildman–Crippen LogP) is 3.02. The lowest BCUT2D eigenvalue weighted by Gasteiger charge is -2.43. The van der Waals surface area contributed by atoms with E-state index in [0.717, 1.165) is 16.9 Å². The molecule has 3 atom stereocenters. The number of imide groups is 1. The second-order valence-corrected chi connectivity index (χ2v) is 10.1. The number of halogens is 1. The first kappa shape index (κ1) is 24.0. The van der Waals surface area contributed by atoms with Crippen molar-refractivity contribution in [3.63, 3.8) is 0 Å². The van der Waals surface area contributed by atoms with Crippen molar-refractivity contribution in [1.29, 1.82) is 0 Å². The Balaban J connectivity index is 1.56. The van der Waals surface area contributed by atoms with E-state index in [1.165, 1.54) is 6.92 Å². The van der Waals surface area contributed by atoms with Gasteiger partial charge in [-0.25, -0.2) is 4.79 Å². The number of carbonyl (C=O) groups excluding carboxylic acids is 4. The fourth-order valence-electron chi connectivity index (χ4n) is 5.03. The van der Waals surface area contributed by atoms with Crippen molar-refractivity contribution in [3.05, 3.63) is 34.9 Å². The first-order valence-corrected chi connectivity index (χ1v) is 11.1. The van der Waals surface area contributed by atoms with E-state index in [-0.39, 0.29) is 17.9 Å². The van der Waals surface area contributed by atoms with Gasteiger partial charge in [-0.1, -0.05) is 50.6 Å². The highest BCUT2D eigenvalue weighted by Crippen LogP contribution is 2.46. The van der Waals surface area contributed by atoms with Gasteiger partial charge in [0.15, 0.2) is 6.10 Å². The molecule has 1 saturated carbocycles. The lowest BCUT2D eigenvalue weighted by Crippen LogP contribution is -2.54. The van der Waals surface area contributed by atoms with Crippen LogP contribution >= 0.6 is 11.6 Å². The van der Waals surface area contributed by atoms with Crippen LogP contribution < -0.4 is 10.6 Å². The number of hydrogen-bond acceptors (Lipinski definition) is 5. The smallest absolute Gasteiger partial charge is 0.327 e. The number of hydrogen-bond donors (Lipinski definition) is 2. The van der Waals surface area contributed by atoms with Crippen LogP contribution in [0.3, 0.4) is 0 Å². The maximum absolute atomic E-state index is 13.1. The van der Waals surface area contributed by atoms with E-state index in [0.29, 0.717) is 17.9 Å². The van der Waals surface area contributed by atoms with Crippen LogP contribution in [-0.4, -0.2) is 46.9 Å². The number of carbonyl (C=O) groups is 4. The summed E-state index contributed by atoms with van der Waals surface area (Å²) in [5.74, 6) is -1.48. The van der Waals surface area contributed by atoms with E-state index >= 15 is 0 Å². The Morgan fingerprint density at radius 1 is 1.28 bits per heavy atom. The number of urea groups is 1. The van der Waals surface area contributed by atoms with E-state index in [9.17, 15) is 19.2 Å². The molecule has 174 valence electrons. The average molecular weight is 464 g/mol. The Hall–Kier alpha value is -2.61. The zero-order valence-electron chi connectivity index (χ0n) is 18.9. The van der Waals surface area contributed by atoms with Crippen LogP contribution in [0.2, 0.25) is 5.02 Å². The molecule has 0 aromatic heterocycles. The molecule has 3 rings (SSSR count). The highest BCUT2D eigenvalue weighted by atomic mass is 35.5. The third-order valence-corrected chi connectivity index (χ3v) is 6.37. The van der Waals surface area contributed by atoms with Crippen LogP contribution in [0.15, 0.2) is 24.3 Å². The normalized spacial score (nSPS) is 25.4. The van der Waals surface area contributed by atoms with Gasteiger partial charge in [-0.2, -0.15) is 0 Å². The maximum atomic E-state index is 13.1. The molecule has 2 aliphatic rings. The van der Waals surface area contributed by atoms with Gasteiger partial charge in [0.1, 0.15) is 12.1 Å². The molecule has 2 fully saturated rings. The van der Waals surface area contributed by atoms with Crippen molar-refractivity contribution < 1.29 is 23.9 Å². The molecule has 32 heavy (non-hydrogen) atoms. The molecule has 8 nitrogen and oxygen atoms in total. The molecule has 1 aromatic carbocycles. The topological polar surface area (TPSA) is 105 Å². The summed E-state index contributed by atoms with van der Waals surface area (Å²) < 4.78 is 5.17. The number of rotatable bonds is 6. The quantitative estimate of drug-likeness (QED) is 0.498. The SMILES string of the molecule is CC1CC(C)(C)CC2(C1)NC(=O)N(CC(=O)OC(C)C(=O)NCc1ccccc1Cl)C2=O. The third-order valence-electron chi connectivity index (χ3n) is 6.00. The van der Waals surface area contributed by atoms with Crippen LogP contribution in [0.1, 0.15) is 52.5 Å². The van der Waals surface area contributed by atoms with Gasteiger partial charge in [-0.05, 0) is 49.1 Å². The molecular formula is C23H30ClN3O5. The summed E-state index contributed by atoms with van der Waals surface area (Å²) in [7, 11) is 0. The molecule has 0 radical (unpaired) electrons. The molecule has 0 bridgehead atoms. The summed E-state index contributed by atoms with van der Waals surface area (Å²) in [6.45, 7) is 7.28. The molecule has 3 unspecified atom stereocenters.